The second-order valence-corrected chi connectivity index (χ2v) is 6.28. The van der Waals surface area contributed by atoms with Gasteiger partial charge in [0, 0.05) is 38.2 Å². The molecule has 0 saturated carbocycles. The average Bonchev–Trinajstić information content (AvgIpc) is 2.97. The molecule has 7 nitrogen and oxygen atoms in total. The zero-order valence-corrected chi connectivity index (χ0v) is 13.9. The smallest absolute Gasteiger partial charge is 0.272 e. The van der Waals surface area contributed by atoms with Gasteiger partial charge in [-0.15, -0.1) is 0 Å². The monoisotopic (exact) mass is 327 g/mol. The topological polar surface area (TPSA) is 82.5 Å². The van der Waals surface area contributed by atoms with E-state index < -0.39 is 5.60 Å². The van der Waals surface area contributed by atoms with Gasteiger partial charge in [-0.25, -0.2) is 9.97 Å². The fraction of sp³-hybridized carbons (Fsp3) is 0.412. The van der Waals surface area contributed by atoms with E-state index in [4.69, 9.17) is 0 Å². The molecular weight excluding hydrogens is 306 g/mol. The van der Waals surface area contributed by atoms with Crippen LogP contribution in [0.4, 0.5) is 5.82 Å². The van der Waals surface area contributed by atoms with Gasteiger partial charge in [0.05, 0.1) is 12.7 Å². The van der Waals surface area contributed by atoms with Crippen LogP contribution in [0.3, 0.4) is 0 Å². The summed E-state index contributed by atoms with van der Waals surface area (Å²) in [5.41, 5.74) is 0.221. The molecule has 0 aromatic carbocycles. The van der Waals surface area contributed by atoms with Gasteiger partial charge in [-0.3, -0.25) is 9.78 Å². The number of hydrogen-bond donors (Lipinski definition) is 1. The molecule has 1 atom stereocenters. The highest BCUT2D eigenvalue weighted by Gasteiger charge is 2.38. The van der Waals surface area contributed by atoms with Crippen molar-refractivity contribution < 1.29 is 9.90 Å². The number of nitrogens with zero attached hydrogens (tertiary/aromatic N) is 5. The van der Waals surface area contributed by atoms with Crippen molar-refractivity contribution in [3.05, 3.63) is 48.2 Å². The highest BCUT2D eigenvalue weighted by atomic mass is 16.3. The Balaban J connectivity index is 1.66. The maximum absolute atomic E-state index is 12.5. The number of aromatic nitrogens is 3. The van der Waals surface area contributed by atoms with Crippen molar-refractivity contribution in [1.82, 2.24) is 19.9 Å². The van der Waals surface area contributed by atoms with Crippen LogP contribution < -0.4 is 4.90 Å². The Morgan fingerprint density at radius 1 is 1.42 bits per heavy atom. The van der Waals surface area contributed by atoms with Crippen LogP contribution in [0, 0.1) is 6.92 Å². The number of pyridine rings is 1. The molecule has 0 unspecified atom stereocenters. The van der Waals surface area contributed by atoms with E-state index in [1.807, 2.05) is 24.0 Å². The van der Waals surface area contributed by atoms with Crippen LogP contribution in [0.2, 0.25) is 0 Å². The summed E-state index contributed by atoms with van der Waals surface area (Å²) in [5, 5.41) is 10.8. The number of carbonyl (C=O) groups is 1. The lowest BCUT2D eigenvalue weighted by molar-refractivity contribution is 0.0262. The van der Waals surface area contributed by atoms with Gasteiger partial charge >= 0.3 is 0 Å². The van der Waals surface area contributed by atoms with Crippen molar-refractivity contribution in [1.29, 1.82) is 0 Å². The second kappa shape index (κ2) is 6.52. The molecule has 1 fully saturated rings. The van der Waals surface area contributed by atoms with Crippen molar-refractivity contribution in [3.8, 4) is 0 Å². The molecule has 1 amide bonds. The Morgan fingerprint density at radius 3 is 2.96 bits per heavy atom. The van der Waals surface area contributed by atoms with E-state index in [2.05, 4.69) is 15.0 Å². The molecule has 0 radical (unpaired) electrons. The van der Waals surface area contributed by atoms with Gasteiger partial charge in [-0.05, 0) is 25.5 Å². The molecule has 0 aliphatic carbocycles. The van der Waals surface area contributed by atoms with Crippen LogP contribution in [-0.2, 0) is 0 Å². The molecule has 2 aromatic heterocycles. The molecule has 1 aliphatic heterocycles. The van der Waals surface area contributed by atoms with E-state index in [1.54, 1.807) is 31.7 Å². The molecule has 0 spiro atoms. The van der Waals surface area contributed by atoms with Crippen molar-refractivity contribution in [2.24, 2.45) is 0 Å². The predicted molar refractivity (Wildman–Crippen MR) is 89.7 cm³/mol. The van der Waals surface area contributed by atoms with E-state index >= 15 is 0 Å². The minimum atomic E-state index is -0.967. The van der Waals surface area contributed by atoms with Crippen LogP contribution in [0.1, 0.15) is 22.6 Å². The van der Waals surface area contributed by atoms with Crippen molar-refractivity contribution in [2.45, 2.75) is 18.9 Å². The van der Waals surface area contributed by atoms with Gasteiger partial charge in [0.2, 0.25) is 0 Å². The number of aryl methyl sites for hydroxylation is 1. The molecule has 2 aromatic rings. The number of rotatable bonds is 4. The molecule has 7 heteroatoms. The first kappa shape index (κ1) is 16.3. The third-order valence-electron chi connectivity index (χ3n) is 4.19. The number of hydrogen-bond acceptors (Lipinski definition) is 6. The lowest BCUT2D eigenvalue weighted by atomic mass is 10.0. The molecule has 1 N–H and O–H groups in total. The average molecular weight is 327 g/mol. The summed E-state index contributed by atoms with van der Waals surface area (Å²) in [5.74, 6) is 0.549. The summed E-state index contributed by atoms with van der Waals surface area (Å²) in [6, 6.07) is 5.35. The summed E-state index contributed by atoms with van der Waals surface area (Å²) in [6.45, 7) is 3.20. The van der Waals surface area contributed by atoms with Gasteiger partial charge < -0.3 is 14.9 Å². The van der Waals surface area contributed by atoms with Crippen LogP contribution in [0.5, 0.6) is 0 Å². The zero-order chi connectivity index (χ0) is 17.2. The number of β-amino-alcohol motifs (C(OH)–C–C–N with tert-alkyl or cyclic N) is 1. The lowest BCUT2D eigenvalue weighted by Gasteiger charge is -2.29. The number of amides is 1. The van der Waals surface area contributed by atoms with Gasteiger partial charge in [-0.1, -0.05) is 6.07 Å². The van der Waals surface area contributed by atoms with Gasteiger partial charge in [0.1, 0.15) is 17.1 Å². The van der Waals surface area contributed by atoms with E-state index in [9.17, 15) is 9.90 Å². The third-order valence-corrected chi connectivity index (χ3v) is 4.19. The van der Waals surface area contributed by atoms with Gasteiger partial charge in [0.15, 0.2) is 0 Å². The minimum Gasteiger partial charge on any atom is -0.386 e. The van der Waals surface area contributed by atoms with Crippen molar-refractivity contribution in [3.63, 3.8) is 0 Å². The quantitative estimate of drug-likeness (QED) is 0.898. The van der Waals surface area contributed by atoms with Crippen LogP contribution in [0.15, 0.2) is 36.8 Å². The molecule has 1 saturated heterocycles. The molecule has 126 valence electrons. The van der Waals surface area contributed by atoms with E-state index in [1.165, 1.54) is 4.90 Å². The molecule has 1 aliphatic rings. The van der Waals surface area contributed by atoms with Gasteiger partial charge in [-0.2, -0.15) is 0 Å². The molecule has 3 rings (SSSR count). The Kier molecular flexibility index (Phi) is 4.44. The molecule has 0 bridgehead atoms. The maximum atomic E-state index is 12.5. The Morgan fingerprint density at radius 2 is 2.25 bits per heavy atom. The summed E-state index contributed by atoms with van der Waals surface area (Å²) < 4.78 is 0. The number of carbonyl (C=O) groups excluding carboxylic acids is 1. The Bertz CT molecular complexity index is 724. The fourth-order valence-electron chi connectivity index (χ4n) is 3.01. The normalized spacial score (nSPS) is 20.2. The highest BCUT2D eigenvalue weighted by Crippen LogP contribution is 2.26. The summed E-state index contributed by atoms with van der Waals surface area (Å²) >= 11 is 0. The second-order valence-electron chi connectivity index (χ2n) is 6.28. The summed E-state index contributed by atoms with van der Waals surface area (Å²) in [6.07, 6.45) is 5.50. The number of anilines is 1. The summed E-state index contributed by atoms with van der Waals surface area (Å²) in [7, 11) is 1.69. The zero-order valence-electron chi connectivity index (χ0n) is 13.9. The standard InChI is InChI=1S/C17H21N5O2/c1-13-4-3-5-14(20-13)16(23)21(2)11-17(24)6-9-22(12-17)15-10-18-7-8-19-15/h3-5,7-8,10,24H,6,9,11-12H2,1-2H3/t17-/m1/s1. The van der Waals surface area contributed by atoms with Crippen molar-refractivity contribution >= 4 is 11.7 Å². The Hall–Kier alpha value is -2.54. The third kappa shape index (κ3) is 3.51. The fourth-order valence-corrected chi connectivity index (χ4v) is 3.01. The SMILES string of the molecule is Cc1cccc(C(=O)N(C)C[C@]2(O)CCN(c3cnccn3)C2)n1. The first-order chi connectivity index (χ1) is 11.5. The predicted octanol–water partition coefficient (Wildman–Crippen LogP) is 0.893. The molecule has 3 heterocycles. The minimum absolute atomic E-state index is 0.190. The molecular formula is C17H21N5O2. The van der Waals surface area contributed by atoms with E-state index in [0.29, 0.717) is 25.2 Å². The number of aliphatic hydroxyl groups is 1. The van der Waals surface area contributed by atoms with Crippen LogP contribution in [-0.4, -0.2) is 63.1 Å². The Labute approximate surface area is 141 Å². The number of likely N-dealkylation sites (N-methyl/N-ethyl adjacent to an activating group) is 1. The van der Waals surface area contributed by atoms with Crippen LogP contribution in [0.25, 0.3) is 0 Å². The van der Waals surface area contributed by atoms with Crippen LogP contribution >= 0.6 is 0 Å². The first-order valence-corrected chi connectivity index (χ1v) is 7.89. The first-order valence-electron chi connectivity index (χ1n) is 7.89. The van der Waals surface area contributed by atoms with Gasteiger partial charge in [0.25, 0.3) is 5.91 Å². The maximum Gasteiger partial charge on any atom is 0.272 e. The molecule has 24 heavy (non-hydrogen) atoms. The van der Waals surface area contributed by atoms with E-state index in [-0.39, 0.29) is 12.5 Å². The highest BCUT2D eigenvalue weighted by molar-refractivity contribution is 5.92. The van der Waals surface area contributed by atoms with Crippen molar-refractivity contribution in [2.75, 3.05) is 31.6 Å². The lowest BCUT2D eigenvalue weighted by Crippen LogP contribution is -2.46. The summed E-state index contributed by atoms with van der Waals surface area (Å²) in [4.78, 5) is 28.6. The van der Waals surface area contributed by atoms with E-state index in [0.717, 1.165) is 11.5 Å². The largest absolute Gasteiger partial charge is 0.386 e.